The lowest BCUT2D eigenvalue weighted by molar-refractivity contribution is -0.140. The molecule has 74 valence electrons. The van der Waals surface area contributed by atoms with Crippen molar-refractivity contribution in [1.82, 2.24) is 0 Å². The van der Waals surface area contributed by atoms with Gasteiger partial charge in [0.25, 0.3) is 0 Å². The van der Waals surface area contributed by atoms with Crippen molar-refractivity contribution in [3.63, 3.8) is 0 Å². The lowest BCUT2D eigenvalue weighted by atomic mass is 9.87. The molecule has 0 aromatic heterocycles. The zero-order valence-corrected chi connectivity index (χ0v) is 7.38. The van der Waals surface area contributed by atoms with Crippen LogP contribution in [-0.4, -0.2) is 6.18 Å². The Hall–Kier alpha value is -1.25. The van der Waals surface area contributed by atoms with Gasteiger partial charge in [-0.1, -0.05) is 36.4 Å². The molecule has 0 amide bonds. The van der Waals surface area contributed by atoms with Crippen LogP contribution in [0.3, 0.4) is 0 Å². The first-order chi connectivity index (χ1) is 6.59. The number of rotatable bonds is 0. The van der Waals surface area contributed by atoms with Crippen molar-refractivity contribution in [3.8, 4) is 0 Å². The third kappa shape index (κ3) is 1.54. The van der Waals surface area contributed by atoms with Crippen LogP contribution >= 0.6 is 0 Å². The Labute approximate surface area is 80.1 Å². The molecule has 0 bridgehead atoms. The summed E-state index contributed by atoms with van der Waals surface area (Å²) < 4.78 is 37.7. The molecule has 1 aliphatic carbocycles. The Bertz CT molecular complexity index is 363. The van der Waals surface area contributed by atoms with Crippen molar-refractivity contribution < 1.29 is 13.2 Å². The van der Waals surface area contributed by atoms with E-state index >= 15 is 0 Å². The minimum absolute atomic E-state index is 0.391. The molecule has 2 rings (SSSR count). The molecule has 0 saturated carbocycles. The van der Waals surface area contributed by atoms with Crippen LogP contribution < -0.4 is 0 Å². The number of hydrogen-bond acceptors (Lipinski definition) is 0. The van der Waals surface area contributed by atoms with Crippen molar-refractivity contribution in [1.29, 1.82) is 0 Å². The smallest absolute Gasteiger partial charge is 0.170 e. The number of benzene rings is 1. The van der Waals surface area contributed by atoms with Crippen LogP contribution in [0.15, 0.2) is 36.4 Å². The normalized spacial score (nSPS) is 20.6. The minimum Gasteiger partial charge on any atom is -0.170 e. The third-order valence-electron chi connectivity index (χ3n) is 2.41. The van der Waals surface area contributed by atoms with Crippen LogP contribution in [-0.2, 0) is 6.42 Å². The first kappa shape index (κ1) is 9.31. The molecule has 1 unspecified atom stereocenters. The van der Waals surface area contributed by atoms with Crippen LogP contribution in [0.4, 0.5) is 13.2 Å². The molecule has 3 heteroatoms. The van der Waals surface area contributed by atoms with Gasteiger partial charge in [-0.3, -0.25) is 0 Å². The number of halogens is 3. The van der Waals surface area contributed by atoms with Crippen LogP contribution in [0.25, 0.3) is 0 Å². The Morgan fingerprint density at radius 3 is 2.57 bits per heavy atom. The van der Waals surface area contributed by atoms with E-state index in [1.54, 1.807) is 30.3 Å². The predicted octanol–water partition coefficient (Wildman–Crippen LogP) is 3.44. The summed E-state index contributed by atoms with van der Waals surface area (Å²) in [4.78, 5) is 0. The standard InChI is InChI=1S/C11H9F3/c12-11(13,14)10-7-3-5-8-4-1-2-6-9(8)10/h1-4,6-7,10H,5H2. The van der Waals surface area contributed by atoms with E-state index in [-0.39, 0.29) is 0 Å². The molecule has 1 atom stereocenters. The summed E-state index contributed by atoms with van der Waals surface area (Å²) in [6.07, 6.45) is -0.751. The Morgan fingerprint density at radius 1 is 1.14 bits per heavy atom. The predicted molar refractivity (Wildman–Crippen MR) is 48.1 cm³/mol. The molecule has 14 heavy (non-hydrogen) atoms. The molecule has 0 fully saturated rings. The highest BCUT2D eigenvalue weighted by Gasteiger charge is 2.40. The van der Waals surface area contributed by atoms with E-state index < -0.39 is 12.1 Å². The van der Waals surface area contributed by atoms with Gasteiger partial charge in [0.2, 0.25) is 0 Å². The largest absolute Gasteiger partial charge is 0.399 e. The van der Waals surface area contributed by atoms with Gasteiger partial charge in [0.1, 0.15) is 0 Å². The van der Waals surface area contributed by atoms with E-state index in [1.165, 1.54) is 6.08 Å². The first-order valence-electron chi connectivity index (χ1n) is 4.40. The molecule has 0 radical (unpaired) electrons. The molecule has 0 nitrogen and oxygen atoms in total. The Balaban J connectivity index is 2.46. The SMILES string of the molecule is FC(F)(F)C1C=CCc2ccccc21. The highest BCUT2D eigenvalue weighted by atomic mass is 19.4. The summed E-state index contributed by atoms with van der Waals surface area (Å²) >= 11 is 0. The lowest BCUT2D eigenvalue weighted by Crippen LogP contribution is -2.21. The zero-order chi connectivity index (χ0) is 10.2. The van der Waals surface area contributed by atoms with Gasteiger partial charge in [-0.15, -0.1) is 0 Å². The fourth-order valence-corrected chi connectivity index (χ4v) is 1.74. The molecule has 0 N–H and O–H groups in total. The van der Waals surface area contributed by atoms with Gasteiger partial charge in [-0.2, -0.15) is 13.2 Å². The van der Waals surface area contributed by atoms with E-state index in [2.05, 4.69) is 0 Å². The maximum atomic E-state index is 12.6. The minimum atomic E-state index is -4.17. The van der Waals surface area contributed by atoms with Gasteiger partial charge in [0.05, 0.1) is 5.92 Å². The maximum Gasteiger partial charge on any atom is 0.399 e. The van der Waals surface area contributed by atoms with Crippen LogP contribution in [0.1, 0.15) is 17.0 Å². The number of hydrogen-bond donors (Lipinski definition) is 0. The number of allylic oxidation sites excluding steroid dienone is 2. The van der Waals surface area contributed by atoms with E-state index in [1.807, 2.05) is 0 Å². The van der Waals surface area contributed by atoms with Gasteiger partial charge in [0, 0.05) is 0 Å². The Kier molecular flexibility index (Phi) is 2.10. The second-order valence-electron chi connectivity index (χ2n) is 3.35. The number of alkyl halides is 3. The van der Waals surface area contributed by atoms with Crippen molar-refractivity contribution >= 4 is 0 Å². The highest BCUT2D eigenvalue weighted by molar-refractivity contribution is 5.38. The lowest BCUT2D eigenvalue weighted by Gasteiger charge is -2.22. The van der Waals surface area contributed by atoms with E-state index in [0.29, 0.717) is 12.0 Å². The molecule has 0 spiro atoms. The molecule has 0 saturated heterocycles. The van der Waals surface area contributed by atoms with Gasteiger partial charge >= 0.3 is 6.18 Å². The molecule has 1 aliphatic rings. The van der Waals surface area contributed by atoms with Gasteiger partial charge < -0.3 is 0 Å². The van der Waals surface area contributed by atoms with Crippen molar-refractivity contribution in [2.24, 2.45) is 0 Å². The van der Waals surface area contributed by atoms with E-state index in [4.69, 9.17) is 0 Å². The second-order valence-corrected chi connectivity index (χ2v) is 3.35. The zero-order valence-electron chi connectivity index (χ0n) is 7.38. The number of fused-ring (bicyclic) bond motifs is 1. The summed E-state index contributed by atoms with van der Waals surface area (Å²) in [5.41, 5.74) is 1.17. The van der Waals surface area contributed by atoms with E-state index in [0.717, 1.165) is 5.56 Å². The van der Waals surface area contributed by atoms with Crippen LogP contribution in [0.2, 0.25) is 0 Å². The van der Waals surface area contributed by atoms with Crippen molar-refractivity contribution in [2.75, 3.05) is 0 Å². The fourth-order valence-electron chi connectivity index (χ4n) is 1.74. The molecule has 0 heterocycles. The topological polar surface area (TPSA) is 0 Å². The summed E-state index contributed by atoms with van der Waals surface area (Å²) in [5, 5.41) is 0. The average molecular weight is 198 g/mol. The second kappa shape index (κ2) is 3.15. The summed E-state index contributed by atoms with van der Waals surface area (Å²) in [6.45, 7) is 0. The summed E-state index contributed by atoms with van der Waals surface area (Å²) in [6, 6.07) is 6.72. The monoisotopic (exact) mass is 198 g/mol. The summed E-state index contributed by atoms with van der Waals surface area (Å²) in [7, 11) is 0. The van der Waals surface area contributed by atoms with Gasteiger partial charge in [0.15, 0.2) is 0 Å². The first-order valence-corrected chi connectivity index (χ1v) is 4.40. The average Bonchev–Trinajstić information content (AvgIpc) is 2.15. The molecular formula is C11H9F3. The molecule has 0 aliphatic heterocycles. The van der Waals surface area contributed by atoms with Gasteiger partial charge in [-0.05, 0) is 17.5 Å². The van der Waals surface area contributed by atoms with Crippen LogP contribution in [0.5, 0.6) is 0 Å². The van der Waals surface area contributed by atoms with Crippen molar-refractivity contribution in [2.45, 2.75) is 18.5 Å². The third-order valence-corrected chi connectivity index (χ3v) is 2.41. The molecule has 1 aromatic carbocycles. The molecule has 1 aromatic rings. The highest BCUT2D eigenvalue weighted by Crippen LogP contribution is 2.39. The van der Waals surface area contributed by atoms with Crippen LogP contribution in [0, 0.1) is 0 Å². The maximum absolute atomic E-state index is 12.6. The van der Waals surface area contributed by atoms with Crippen molar-refractivity contribution in [3.05, 3.63) is 47.5 Å². The van der Waals surface area contributed by atoms with E-state index in [9.17, 15) is 13.2 Å². The Morgan fingerprint density at radius 2 is 1.86 bits per heavy atom. The summed E-state index contributed by atoms with van der Waals surface area (Å²) in [5.74, 6) is -1.42. The molecular weight excluding hydrogens is 189 g/mol. The quantitative estimate of drug-likeness (QED) is 0.560. The van der Waals surface area contributed by atoms with Gasteiger partial charge in [-0.25, -0.2) is 0 Å². The fraction of sp³-hybridized carbons (Fsp3) is 0.273.